The van der Waals surface area contributed by atoms with Gasteiger partial charge in [0.1, 0.15) is 0 Å². The van der Waals surface area contributed by atoms with Crippen molar-refractivity contribution in [3.05, 3.63) is 28.2 Å². The van der Waals surface area contributed by atoms with Gasteiger partial charge < -0.3 is 5.32 Å². The van der Waals surface area contributed by atoms with Crippen molar-refractivity contribution in [3.63, 3.8) is 0 Å². The monoisotopic (exact) mass is 374 g/mol. The van der Waals surface area contributed by atoms with E-state index in [-0.39, 0.29) is 34.6 Å². The van der Waals surface area contributed by atoms with E-state index in [1.807, 2.05) is 0 Å². The van der Waals surface area contributed by atoms with Crippen LogP contribution in [0.5, 0.6) is 0 Å². The standard InChI is InChI=1S/C13H16Cl2N2O3S.Na.H/c14-11-7-6-9(8-12(11)15)16-13(18)17-21(19,20)10-4-2-1-3-5-10;;/h6-8,10H,1-5H2,(H2,16,17,18);;. The van der Waals surface area contributed by atoms with Crippen LogP contribution in [0.2, 0.25) is 10.0 Å². The van der Waals surface area contributed by atoms with Gasteiger partial charge in [-0.25, -0.2) is 17.9 Å². The summed E-state index contributed by atoms with van der Waals surface area (Å²) in [5.41, 5.74) is 0.376. The Morgan fingerprint density at radius 2 is 1.73 bits per heavy atom. The van der Waals surface area contributed by atoms with Gasteiger partial charge in [0.2, 0.25) is 10.0 Å². The van der Waals surface area contributed by atoms with Crippen molar-refractivity contribution in [2.75, 3.05) is 5.32 Å². The summed E-state index contributed by atoms with van der Waals surface area (Å²) in [6, 6.07) is 3.73. The molecule has 1 aromatic rings. The second kappa shape index (κ2) is 8.76. The maximum atomic E-state index is 12.1. The van der Waals surface area contributed by atoms with Crippen LogP contribution in [0.1, 0.15) is 32.1 Å². The summed E-state index contributed by atoms with van der Waals surface area (Å²) >= 11 is 11.6. The van der Waals surface area contributed by atoms with Crippen molar-refractivity contribution in [1.29, 1.82) is 0 Å². The first-order valence-corrected chi connectivity index (χ1v) is 8.96. The fourth-order valence-electron chi connectivity index (χ4n) is 2.32. The van der Waals surface area contributed by atoms with Gasteiger partial charge in [0.25, 0.3) is 0 Å². The minimum absolute atomic E-state index is 0. The van der Waals surface area contributed by atoms with E-state index in [1.54, 1.807) is 6.07 Å². The Labute approximate surface area is 162 Å². The molecule has 2 amide bonds. The predicted octanol–water partition coefficient (Wildman–Crippen LogP) is 3.13. The molecule has 1 aliphatic carbocycles. The Balaban J connectivity index is 0.00000242. The van der Waals surface area contributed by atoms with Crippen LogP contribution in [0.4, 0.5) is 10.5 Å². The van der Waals surface area contributed by atoms with Crippen molar-refractivity contribution < 1.29 is 13.2 Å². The van der Waals surface area contributed by atoms with Crippen LogP contribution in [-0.2, 0) is 10.0 Å². The molecule has 0 saturated heterocycles. The van der Waals surface area contributed by atoms with E-state index in [0.29, 0.717) is 23.6 Å². The fourth-order valence-corrected chi connectivity index (χ4v) is 4.05. The molecule has 118 valence electrons. The number of anilines is 1. The van der Waals surface area contributed by atoms with Crippen LogP contribution in [0.25, 0.3) is 0 Å². The molecule has 0 atom stereocenters. The van der Waals surface area contributed by atoms with Crippen LogP contribution in [0, 0.1) is 0 Å². The quantitative estimate of drug-likeness (QED) is 0.798. The molecule has 1 fully saturated rings. The Hall–Kier alpha value is 0.0200. The molecule has 9 heteroatoms. The van der Waals surface area contributed by atoms with Crippen LogP contribution in [-0.4, -0.2) is 49.3 Å². The molecule has 22 heavy (non-hydrogen) atoms. The SMILES string of the molecule is O=C(Nc1ccc(Cl)c(Cl)c1)NS(=O)(=O)C1CCCCC1.[NaH]. The van der Waals surface area contributed by atoms with Crippen molar-refractivity contribution in [2.45, 2.75) is 37.4 Å². The number of carbonyl (C=O) groups is 1. The van der Waals surface area contributed by atoms with Crippen molar-refractivity contribution in [1.82, 2.24) is 4.72 Å². The number of hydrogen-bond acceptors (Lipinski definition) is 3. The molecule has 0 bridgehead atoms. The Morgan fingerprint density at radius 1 is 1.09 bits per heavy atom. The number of carbonyl (C=O) groups excluding carboxylic acids is 1. The first-order valence-electron chi connectivity index (χ1n) is 6.66. The molecule has 1 aliphatic rings. The van der Waals surface area contributed by atoms with Crippen LogP contribution >= 0.6 is 23.2 Å². The summed E-state index contributed by atoms with van der Waals surface area (Å²) < 4.78 is 26.2. The van der Waals surface area contributed by atoms with E-state index < -0.39 is 21.3 Å². The van der Waals surface area contributed by atoms with Gasteiger partial charge in [0.05, 0.1) is 15.3 Å². The molecular weight excluding hydrogens is 358 g/mol. The zero-order chi connectivity index (χ0) is 15.5. The van der Waals surface area contributed by atoms with Crippen LogP contribution < -0.4 is 10.0 Å². The van der Waals surface area contributed by atoms with Gasteiger partial charge in [-0.2, -0.15) is 0 Å². The number of nitrogens with one attached hydrogen (secondary N) is 2. The van der Waals surface area contributed by atoms with Crippen molar-refractivity contribution in [3.8, 4) is 0 Å². The third kappa shape index (κ3) is 5.58. The van der Waals surface area contributed by atoms with Crippen LogP contribution in [0.3, 0.4) is 0 Å². The van der Waals surface area contributed by atoms with Gasteiger partial charge in [-0.1, -0.05) is 42.5 Å². The van der Waals surface area contributed by atoms with Gasteiger partial charge in [0.15, 0.2) is 0 Å². The number of hydrogen-bond donors (Lipinski definition) is 2. The normalized spacial score (nSPS) is 15.7. The number of urea groups is 1. The Bertz CT molecular complexity index is 634. The third-order valence-corrected chi connectivity index (χ3v) is 5.96. The van der Waals surface area contributed by atoms with Gasteiger partial charge in [0, 0.05) is 5.69 Å². The first kappa shape index (κ1) is 20.1. The minimum atomic E-state index is -3.64. The summed E-state index contributed by atoms with van der Waals surface area (Å²) in [4.78, 5) is 11.8. The van der Waals surface area contributed by atoms with Gasteiger partial charge in [-0.3, -0.25) is 0 Å². The maximum absolute atomic E-state index is 12.1. The summed E-state index contributed by atoms with van der Waals surface area (Å²) in [6.07, 6.45) is 3.98. The molecule has 1 aromatic carbocycles. The van der Waals surface area contributed by atoms with Crippen molar-refractivity contribution in [2.24, 2.45) is 0 Å². The van der Waals surface area contributed by atoms with E-state index in [0.717, 1.165) is 19.3 Å². The summed E-state index contributed by atoms with van der Waals surface area (Å²) in [7, 11) is -3.64. The number of sulfonamides is 1. The number of halogens is 2. The molecule has 0 heterocycles. The average molecular weight is 375 g/mol. The van der Waals surface area contributed by atoms with Crippen molar-refractivity contribution >= 4 is 74.5 Å². The van der Waals surface area contributed by atoms with E-state index in [1.165, 1.54) is 12.1 Å². The van der Waals surface area contributed by atoms with E-state index >= 15 is 0 Å². The summed E-state index contributed by atoms with van der Waals surface area (Å²) in [5, 5.41) is 2.58. The van der Waals surface area contributed by atoms with E-state index in [9.17, 15) is 13.2 Å². The first-order chi connectivity index (χ1) is 9.88. The van der Waals surface area contributed by atoms with Crippen LogP contribution in [0.15, 0.2) is 18.2 Å². The second-order valence-electron chi connectivity index (χ2n) is 4.99. The van der Waals surface area contributed by atoms with Gasteiger partial charge >= 0.3 is 35.6 Å². The molecule has 0 spiro atoms. The topological polar surface area (TPSA) is 75.3 Å². The molecule has 0 aromatic heterocycles. The molecule has 2 rings (SSSR count). The Kier molecular flexibility index (Phi) is 7.99. The summed E-state index contributed by atoms with van der Waals surface area (Å²) in [6.45, 7) is 0. The molecule has 2 N–H and O–H groups in total. The molecule has 5 nitrogen and oxygen atoms in total. The van der Waals surface area contributed by atoms with E-state index in [4.69, 9.17) is 23.2 Å². The number of amides is 2. The zero-order valence-electron chi connectivity index (χ0n) is 11.2. The Morgan fingerprint density at radius 3 is 2.32 bits per heavy atom. The molecular formula is C13H17Cl2N2NaO3S. The molecule has 0 unspecified atom stereocenters. The molecule has 0 radical (unpaired) electrons. The third-order valence-electron chi connectivity index (χ3n) is 3.40. The van der Waals surface area contributed by atoms with Gasteiger partial charge in [-0.05, 0) is 31.0 Å². The predicted molar refractivity (Wildman–Crippen MR) is 91.6 cm³/mol. The van der Waals surface area contributed by atoms with E-state index in [2.05, 4.69) is 10.0 Å². The van der Waals surface area contributed by atoms with Gasteiger partial charge in [-0.15, -0.1) is 0 Å². The number of rotatable bonds is 3. The molecule has 0 aliphatic heterocycles. The second-order valence-corrected chi connectivity index (χ2v) is 7.77. The summed E-state index contributed by atoms with van der Waals surface area (Å²) in [5.74, 6) is 0. The molecule has 1 saturated carbocycles. The fraction of sp³-hybridized carbons (Fsp3) is 0.462. The number of benzene rings is 1. The zero-order valence-corrected chi connectivity index (χ0v) is 13.6. The average Bonchev–Trinajstić information content (AvgIpc) is 2.43.